The van der Waals surface area contributed by atoms with Gasteiger partial charge in [-0.15, -0.1) is 16.9 Å². The fourth-order valence-electron chi connectivity index (χ4n) is 1.94. The van der Waals surface area contributed by atoms with Crippen molar-refractivity contribution in [3.8, 4) is 5.69 Å². The van der Waals surface area contributed by atoms with Crippen molar-refractivity contribution in [2.45, 2.75) is 31.3 Å². The number of nitrogens with zero attached hydrogens (tertiary/aromatic N) is 3. The number of rotatable bonds is 4. The topological polar surface area (TPSA) is 50.9 Å². The largest absolute Gasteiger partial charge is 0.390 e. The van der Waals surface area contributed by atoms with E-state index < -0.39 is 0 Å². The summed E-state index contributed by atoms with van der Waals surface area (Å²) in [6, 6.07) is 8.15. The quantitative estimate of drug-likeness (QED) is 0.861. The molecule has 2 aromatic rings. The van der Waals surface area contributed by atoms with Crippen LogP contribution in [0.25, 0.3) is 5.69 Å². The average molecular weight is 263 g/mol. The Labute approximate surface area is 111 Å². The van der Waals surface area contributed by atoms with Crippen molar-refractivity contribution in [2.24, 2.45) is 0 Å². The van der Waals surface area contributed by atoms with Gasteiger partial charge in [0.15, 0.2) is 0 Å². The Balaban J connectivity index is 2.52. The third-order valence-corrected chi connectivity index (χ3v) is 3.50. The molecule has 1 aromatic carbocycles. The summed E-state index contributed by atoms with van der Waals surface area (Å²) >= 11 is 1.69. The summed E-state index contributed by atoms with van der Waals surface area (Å²) in [5.41, 5.74) is 2.60. The van der Waals surface area contributed by atoms with E-state index in [1.807, 2.05) is 23.1 Å². The third-order valence-electron chi connectivity index (χ3n) is 2.77. The SMILES string of the molecule is CSc1cccc(-n2nnc(CO)c2C(C)C)c1. The normalized spacial score (nSPS) is 11.2. The maximum Gasteiger partial charge on any atom is 0.112 e. The molecule has 0 aliphatic carbocycles. The summed E-state index contributed by atoms with van der Waals surface area (Å²) in [6.07, 6.45) is 2.04. The summed E-state index contributed by atoms with van der Waals surface area (Å²) in [6.45, 7) is 4.08. The minimum Gasteiger partial charge on any atom is -0.390 e. The van der Waals surface area contributed by atoms with Gasteiger partial charge in [0.2, 0.25) is 0 Å². The zero-order valence-electron chi connectivity index (χ0n) is 10.8. The predicted molar refractivity (Wildman–Crippen MR) is 73.2 cm³/mol. The second kappa shape index (κ2) is 5.54. The van der Waals surface area contributed by atoms with Gasteiger partial charge >= 0.3 is 0 Å². The van der Waals surface area contributed by atoms with E-state index >= 15 is 0 Å². The third kappa shape index (κ3) is 2.42. The van der Waals surface area contributed by atoms with Crippen molar-refractivity contribution in [3.63, 3.8) is 0 Å². The van der Waals surface area contributed by atoms with E-state index in [2.05, 4.69) is 36.3 Å². The van der Waals surface area contributed by atoms with Crippen molar-refractivity contribution in [1.82, 2.24) is 15.0 Å². The molecule has 0 unspecified atom stereocenters. The number of hydrogen-bond acceptors (Lipinski definition) is 4. The lowest BCUT2D eigenvalue weighted by atomic mass is 10.1. The Morgan fingerprint density at radius 1 is 1.39 bits per heavy atom. The Bertz CT molecular complexity index is 537. The molecule has 0 aliphatic heterocycles. The lowest BCUT2D eigenvalue weighted by Gasteiger charge is -2.11. The highest BCUT2D eigenvalue weighted by molar-refractivity contribution is 7.98. The molecule has 2 rings (SSSR count). The van der Waals surface area contributed by atoms with Crippen molar-refractivity contribution < 1.29 is 5.11 Å². The Morgan fingerprint density at radius 3 is 2.78 bits per heavy atom. The van der Waals surface area contributed by atoms with Crippen molar-refractivity contribution in [1.29, 1.82) is 0 Å². The summed E-state index contributed by atoms with van der Waals surface area (Å²) in [5.74, 6) is 0.264. The summed E-state index contributed by atoms with van der Waals surface area (Å²) < 4.78 is 1.82. The molecule has 18 heavy (non-hydrogen) atoms. The first-order valence-corrected chi connectivity index (χ1v) is 7.09. The number of thioether (sulfide) groups is 1. The average Bonchev–Trinajstić information content (AvgIpc) is 2.82. The molecule has 0 spiro atoms. The second-order valence-electron chi connectivity index (χ2n) is 4.35. The maximum atomic E-state index is 9.31. The van der Waals surface area contributed by atoms with Gasteiger partial charge in [-0.1, -0.05) is 25.1 Å². The maximum absolute atomic E-state index is 9.31. The first-order chi connectivity index (χ1) is 8.67. The Morgan fingerprint density at radius 2 is 2.17 bits per heavy atom. The van der Waals surface area contributed by atoms with E-state index in [0.29, 0.717) is 5.69 Å². The lowest BCUT2D eigenvalue weighted by molar-refractivity contribution is 0.275. The molecule has 5 heteroatoms. The minimum atomic E-state index is -0.0737. The predicted octanol–water partition coefficient (Wildman–Crippen LogP) is 2.60. The van der Waals surface area contributed by atoms with Crippen LogP contribution in [0.2, 0.25) is 0 Å². The molecule has 0 fully saturated rings. The van der Waals surface area contributed by atoms with Crippen LogP contribution in [0.15, 0.2) is 29.2 Å². The number of benzene rings is 1. The fourth-order valence-corrected chi connectivity index (χ4v) is 2.40. The monoisotopic (exact) mass is 263 g/mol. The van der Waals surface area contributed by atoms with Crippen LogP contribution in [0.1, 0.15) is 31.2 Å². The molecule has 1 N–H and O–H groups in total. The van der Waals surface area contributed by atoms with Crippen LogP contribution in [0.3, 0.4) is 0 Å². The number of hydrogen-bond donors (Lipinski definition) is 1. The fraction of sp³-hybridized carbons (Fsp3) is 0.385. The van der Waals surface area contributed by atoms with Gasteiger partial charge in [0, 0.05) is 4.90 Å². The zero-order valence-corrected chi connectivity index (χ0v) is 11.6. The van der Waals surface area contributed by atoms with Gasteiger partial charge in [-0.2, -0.15) is 0 Å². The molecule has 0 aliphatic rings. The van der Waals surface area contributed by atoms with Crippen LogP contribution < -0.4 is 0 Å². The van der Waals surface area contributed by atoms with Crippen molar-refractivity contribution in [2.75, 3.05) is 6.26 Å². The first kappa shape index (κ1) is 13.1. The van der Waals surface area contributed by atoms with Crippen LogP contribution in [0.4, 0.5) is 0 Å². The number of aromatic nitrogens is 3. The number of aliphatic hydroxyl groups is 1. The highest BCUT2D eigenvalue weighted by Crippen LogP contribution is 2.24. The molecular weight excluding hydrogens is 246 g/mol. The van der Waals surface area contributed by atoms with Crippen LogP contribution >= 0.6 is 11.8 Å². The van der Waals surface area contributed by atoms with E-state index in [-0.39, 0.29) is 12.5 Å². The van der Waals surface area contributed by atoms with Crippen LogP contribution in [0.5, 0.6) is 0 Å². The summed E-state index contributed by atoms with van der Waals surface area (Å²) in [5, 5.41) is 17.5. The molecule has 96 valence electrons. The minimum absolute atomic E-state index is 0.0737. The van der Waals surface area contributed by atoms with Crippen molar-refractivity contribution in [3.05, 3.63) is 35.7 Å². The Hall–Kier alpha value is -1.33. The van der Waals surface area contributed by atoms with Crippen molar-refractivity contribution >= 4 is 11.8 Å². The molecule has 0 atom stereocenters. The highest BCUT2D eigenvalue weighted by atomic mass is 32.2. The number of aliphatic hydroxyl groups excluding tert-OH is 1. The molecule has 1 heterocycles. The molecular formula is C13H17N3OS. The van der Waals surface area contributed by atoms with Gasteiger partial charge in [0.25, 0.3) is 0 Å². The lowest BCUT2D eigenvalue weighted by Crippen LogP contribution is -2.05. The molecule has 0 bridgehead atoms. The molecule has 0 radical (unpaired) electrons. The van der Waals surface area contributed by atoms with Crippen LogP contribution in [-0.4, -0.2) is 26.4 Å². The molecule has 0 saturated carbocycles. The first-order valence-electron chi connectivity index (χ1n) is 5.87. The standard InChI is InChI=1S/C13H17N3OS/c1-9(2)13-12(8-17)14-15-16(13)10-5-4-6-11(7-10)18-3/h4-7,9,17H,8H2,1-3H3. The molecule has 0 amide bonds. The van der Waals surface area contributed by atoms with Gasteiger partial charge in [0.05, 0.1) is 18.0 Å². The van der Waals surface area contributed by atoms with E-state index in [9.17, 15) is 5.11 Å². The van der Waals surface area contributed by atoms with Gasteiger partial charge < -0.3 is 5.11 Å². The smallest absolute Gasteiger partial charge is 0.112 e. The van der Waals surface area contributed by atoms with Crippen LogP contribution in [0, 0.1) is 0 Å². The van der Waals surface area contributed by atoms with E-state index in [0.717, 1.165) is 11.4 Å². The van der Waals surface area contributed by atoms with E-state index in [1.54, 1.807) is 11.8 Å². The highest BCUT2D eigenvalue weighted by Gasteiger charge is 2.16. The summed E-state index contributed by atoms with van der Waals surface area (Å²) in [4.78, 5) is 1.18. The molecule has 4 nitrogen and oxygen atoms in total. The summed E-state index contributed by atoms with van der Waals surface area (Å²) in [7, 11) is 0. The molecule has 0 saturated heterocycles. The zero-order chi connectivity index (χ0) is 13.1. The van der Waals surface area contributed by atoms with Crippen LogP contribution in [-0.2, 0) is 6.61 Å². The second-order valence-corrected chi connectivity index (χ2v) is 5.23. The van der Waals surface area contributed by atoms with Gasteiger partial charge in [-0.25, -0.2) is 4.68 Å². The van der Waals surface area contributed by atoms with E-state index in [1.165, 1.54) is 4.90 Å². The molecule has 1 aromatic heterocycles. The van der Waals surface area contributed by atoms with Gasteiger partial charge in [-0.3, -0.25) is 0 Å². The van der Waals surface area contributed by atoms with Gasteiger partial charge in [-0.05, 0) is 30.4 Å². The Kier molecular flexibility index (Phi) is 4.04. The van der Waals surface area contributed by atoms with Gasteiger partial charge in [0.1, 0.15) is 5.69 Å². The van der Waals surface area contributed by atoms with E-state index in [4.69, 9.17) is 0 Å².